The fourth-order valence-electron chi connectivity index (χ4n) is 4.22. The number of benzene rings is 2. The molecule has 3 N–H and O–H groups in total. The lowest BCUT2D eigenvalue weighted by atomic mass is 9.95. The molecule has 2 aromatic carbocycles. The molecule has 0 fully saturated rings. The van der Waals surface area contributed by atoms with Gasteiger partial charge in [0, 0.05) is 5.70 Å². The van der Waals surface area contributed by atoms with Crippen molar-refractivity contribution in [3.63, 3.8) is 0 Å². The molecule has 0 aliphatic carbocycles. The number of methoxy groups -OCH3 is 3. The zero-order valence-corrected chi connectivity index (χ0v) is 23.5. The molecule has 224 valence electrons. The van der Waals surface area contributed by atoms with Crippen LogP contribution in [0.1, 0.15) is 24.3 Å². The van der Waals surface area contributed by atoms with Gasteiger partial charge in [0.15, 0.2) is 18.1 Å². The van der Waals surface area contributed by atoms with E-state index in [4.69, 9.17) is 23.4 Å². The van der Waals surface area contributed by atoms with Crippen molar-refractivity contribution in [3.05, 3.63) is 81.2 Å². The van der Waals surface area contributed by atoms with Gasteiger partial charge in [-0.25, -0.2) is 15.0 Å². The van der Waals surface area contributed by atoms with E-state index in [0.29, 0.717) is 17.0 Å². The molecule has 2 heterocycles. The van der Waals surface area contributed by atoms with Crippen molar-refractivity contribution in [2.75, 3.05) is 27.9 Å². The number of hydrazone groups is 1. The fourth-order valence-corrected chi connectivity index (χ4v) is 4.22. The highest BCUT2D eigenvalue weighted by Crippen LogP contribution is 2.35. The number of urea groups is 1. The van der Waals surface area contributed by atoms with E-state index in [1.165, 1.54) is 57.9 Å². The predicted molar refractivity (Wildman–Crippen MR) is 151 cm³/mol. The number of hydrogen-bond acceptors (Lipinski definition) is 11. The van der Waals surface area contributed by atoms with Crippen LogP contribution in [0.15, 0.2) is 69.3 Å². The van der Waals surface area contributed by atoms with Crippen molar-refractivity contribution >= 4 is 29.8 Å². The number of nitro benzene ring substituents is 1. The minimum atomic E-state index is -0.806. The van der Waals surface area contributed by atoms with Crippen LogP contribution in [0.2, 0.25) is 0 Å². The quantitative estimate of drug-likeness (QED) is 0.129. The van der Waals surface area contributed by atoms with Crippen LogP contribution in [-0.2, 0) is 14.3 Å². The third-order valence-corrected chi connectivity index (χ3v) is 6.23. The first-order valence-corrected chi connectivity index (χ1v) is 12.6. The van der Waals surface area contributed by atoms with Crippen molar-refractivity contribution < 1.29 is 42.7 Å². The smallest absolute Gasteiger partial charge is 0.337 e. The number of nitro groups is 1. The first-order valence-electron chi connectivity index (χ1n) is 12.6. The lowest BCUT2D eigenvalue weighted by Crippen LogP contribution is -2.45. The van der Waals surface area contributed by atoms with Gasteiger partial charge in [0.2, 0.25) is 0 Å². The Morgan fingerprint density at radius 1 is 1.09 bits per heavy atom. The zero-order chi connectivity index (χ0) is 31.1. The third-order valence-electron chi connectivity index (χ3n) is 6.23. The summed E-state index contributed by atoms with van der Waals surface area (Å²) < 4.78 is 26.5. The molecule has 15 nitrogen and oxygen atoms in total. The average Bonchev–Trinajstić information content (AvgIpc) is 3.47. The minimum absolute atomic E-state index is 0.193. The zero-order valence-electron chi connectivity index (χ0n) is 23.5. The maximum absolute atomic E-state index is 12.4. The van der Waals surface area contributed by atoms with Crippen LogP contribution in [-0.4, -0.2) is 57.0 Å². The van der Waals surface area contributed by atoms with Gasteiger partial charge in [0.05, 0.1) is 55.7 Å². The van der Waals surface area contributed by atoms with Crippen LogP contribution < -0.4 is 30.3 Å². The summed E-state index contributed by atoms with van der Waals surface area (Å²) in [7, 11) is 4.05. The molecule has 0 spiro atoms. The summed E-state index contributed by atoms with van der Waals surface area (Å²) in [6.07, 6.45) is 1.23. The maximum Gasteiger partial charge on any atom is 0.337 e. The fraction of sp³-hybridized carbons (Fsp3) is 0.214. The highest BCUT2D eigenvalue weighted by atomic mass is 16.6. The summed E-state index contributed by atoms with van der Waals surface area (Å²) in [4.78, 5) is 47.7. The molecule has 1 atom stereocenters. The summed E-state index contributed by atoms with van der Waals surface area (Å²) in [5, 5.41) is 20.5. The van der Waals surface area contributed by atoms with Gasteiger partial charge in [-0.1, -0.05) is 6.07 Å². The van der Waals surface area contributed by atoms with E-state index < -0.39 is 35.5 Å². The lowest BCUT2D eigenvalue weighted by molar-refractivity contribution is -0.384. The average molecular weight is 594 g/mol. The minimum Gasteiger partial charge on any atom is -0.497 e. The highest BCUT2D eigenvalue weighted by molar-refractivity contribution is 5.95. The molecule has 0 saturated carbocycles. The Balaban J connectivity index is 1.39. The Morgan fingerprint density at radius 2 is 1.88 bits per heavy atom. The van der Waals surface area contributed by atoms with E-state index in [1.54, 1.807) is 25.1 Å². The Hall–Kier alpha value is -5.86. The topological polar surface area (TPSA) is 193 Å². The summed E-state index contributed by atoms with van der Waals surface area (Å²) in [5.74, 6) is 0.0597. The summed E-state index contributed by atoms with van der Waals surface area (Å²) in [6.45, 7) is 1.16. The van der Waals surface area contributed by atoms with Crippen molar-refractivity contribution in [1.29, 1.82) is 0 Å². The summed E-state index contributed by atoms with van der Waals surface area (Å²) >= 11 is 0. The molecule has 0 radical (unpaired) electrons. The standard InChI is InChI=1S/C28H27N5O10/c1-15-25(27(35)41-4)26(31-28(36)30-15)16-5-9-22(23(11-16)40-3)42-14-24(34)32-29-13-18-7-10-21(43-18)19-8-6-17(39-2)12-20(19)33(37)38/h5-13,26H,14H2,1-4H3,(H,32,34)(H2,30,31,36)/b29-13-/t26-/m0/s1. The predicted octanol–water partition coefficient (Wildman–Crippen LogP) is 3.20. The number of rotatable bonds is 11. The van der Waals surface area contributed by atoms with E-state index in [-0.39, 0.29) is 39.8 Å². The van der Waals surface area contributed by atoms with Gasteiger partial charge >= 0.3 is 12.0 Å². The summed E-state index contributed by atoms with van der Waals surface area (Å²) in [5.41, 5.74) is 3.45. The number of carbonyl (C=O) groups excluding carboxylic acids is 3. The molecule has 1 aliphatic heterocycles. The molecule has 1 aliphatic rings. The highest BCUT2D eigenvalue weighted by Gasteiger charge is 2.32. The van der Waals surface area contributed by atoms with Crippen molar-refractivity contribution in [2.24, 2.45) is 5.10 Å². The molecular weight excluding hydrogens is 566 g/mol. The van der Waals surface area contributed by atoms with Gasteiger partial charge in [0.1, 0.15) is 17.3 Å². The van der Waals surface area contributed by atoms with E-state index in [0.717, 1.165) is 0 Å². The van der Waals surface area contributed by atoms with Gasteiger partial charge in [-0.05, 0) is 48.9 Å². The SMILES string of the molecule is COC(=O)C1=C(C)NC(=O)N[C@H]1c1ccc(OCC(=O)N/N=C\c2ccc(-c3ccc(OC)cc3[N+](=O)[O-])o2)c(OC)c1. The van der Waals surface area contributed by atoms with Crippen LogP contribution in [0, 0.1) is 10.1 Å². The number of nitrogens with zero attached hydrogens (tertiary/aromatic N) is 2. The second kappa shape index (κ2) is 13.2. The van der Waals surface area contributed by atoms with Crippen molar-refractivity contribution in [2.45, 2.75) is 13.0 Å². The third kappa shape index (κ3) is 6.90. The second-order valence-electron chi connectivity index (χ2n) is 8.90. The van der Waals surface area contributed by atoms with Gasteiger partial charge in [-0.2, -0.15) is 5.10 Å². The van der Waals surface area contributed by atoms with Gasteiger partial charge in [0.25, 0.3) is 11.6 Å². The van der Waals surface area contributed by atoms with Crippen molar-refractivity contribution in [3.8, 4) is 28.6 Å². The largest absolute Gasteiger partial charge is 0.497 e. The first kappa shape index (κ1) is 30.1. The van der Waals surface area contributed by atoms with E-state index in [9.17, 15) is 24.5 Å². The van der Waals surface area contributed by atoms with Crippen molar-refractivity contribution in [1.82, 2.24) is 16.1 Å². The van der Waals surface area contributed by atoms with Gasteiger partial charge in [-0.15, -0.1) is 0 Å². The van der Waals surface area contributed by atoms with E-state index in [2.05, 4.69) is 21.2 Å². The number of hydrogen-bond donors (Lipinski definition) is 3. The Kier molecular flexibility index (Phi) is 9.24. The van der Waals surface area contributed by atoms with Crippen LogP contribution in [0.25, 0.3) is 11.3 Å². The monoisotopic (exact) mass is 593 g/mol. The summed E-state index contributed by atoms with van der Waals surface area (Å²) in [6, 6.07) is 10.9. The normalized spacial score (nSPS) is 14.5. The second-order valence-corrected chi connectivity index (χ2v) is 8.90. The van der Waals surface area contributed by atoms with E-state index in [1.807, 2.05) is 0 Å². The molecule has 43 heavy (non-hydrogen) atoms. The lowest BCUT2D eigenvalue weighted by Gasteiger charge is -2.28. The molecule has 3 aromatic rings. The number of ether oxygens (including phenoxy) is 4. The molecule has 0 bridgehead atoms. The number of allylic oxidation sites excluding steroid dienone is 1. The van der Waals surface area contributed by atoms with Crippen LogP contribution in [0.5, 0.6) is 17.2 Å². The van der Waals surface area contributed by atoms with Crippen LogP contribution in [0.4, 0.5) is 10.5 Å². The molecule has 1 aromatic heterocycles. The van der Waals surface area contributed by atoms with Gasteiger partial charge in [-0.3, -0.25) is 14.9 Å². The Morgan fingerprint density at radius 3 is 2.58 bits per heavy atom. The van der Waals surface area contributed by atoms with Crippen LogP contribution in [0.3, 0.4) is 0 Å². The van der Waals surface area contributed by atoms with Gasteiger partial charge < -0.3 is 34.0 Å². The Labute approximate surface area is 244 Å². The maximum atomic E-state index is 12.4. The number of amides is 3. The molecule has 15 heteroatoms. The van der Waals surface area contributed by atoms with E-state index >= 15 is 0 Å². The number of esters is 1. The number of furan rings is 1. The molecule has 0 saturated heterocycles. The van der Waals surface area contributed by atoms with Crippen LogP contribution >= 0.6 is 0 Å². The molecule has 3 amide bonds. The molecule has 0 unspecified atom stereocenters. The number of nitrogens with one attached hydrogen (secondary N) is 3. The molecule has 4 rings (SSSR count). The Bertz CT molecular complexity index is 1630. The first-order chi connectivity index (χ1) is 20.6. The molecular formula is C28H27N5O10. The number of carbonyl (C=O) groups is 3.